The van der Waals surface area contributed by atoms with Crippen LogP contribution in [0.4, 0.5) is 5.69 Å². The van der Waals surface area contributed by atoms with Crippen LogP contribution in [-0.4, -0.2) is 26.3 Å². The van der Waals surface area contributed by atoms with Gasteiger partial charge in [-0.15, -0.1) is 0 Å². The first-order valence-electron chi connectivity index (χ1n) is 7.98. The van der Waals surface area contributed by atoms with Gasteiger partial charge in [-0.1, -0.05) is 6.07 Å². The predicted molar refractivity (Wildman–Crippen MR) is 93.9 cm³/mol. The van der Waals surface area contributed by atoms with Gasteiger partial charge in [0.25, 0.3) is 0 Å². The molecule has 0 spiro atoms. The Bertz CT molecular complexity index is 668. The number of methoxy groups -OCH3 is 1. The molecule has 2 aromatic rings. The highest BCUT2D eigenvalue weighted by Crippen LogP contribution is 2.28. The van der Waals surface area contributed by atoms with Crippen LogP contribution in [0.1, 0.15) is 29.8 Å². The smallest absolute Gasteiger partial charge is 0.338 e. The Morgan fingerprint density at radius 2 is 1.75 bits per heavy atom. The van der Waals surface area contributed by atoms with Crippen molar-refractivity contribution in [1.29, 1.82) is 0 Å². The molecule has 1 N–H and O–H groups in total. The highest BCUT2D eigenvalue weighted by molar-refractivity contribution is 5.89. The largest absolute Gasteiger partial charge is 0.493 e. The molecule has 0 aliphatic rings. The van der Waals surface area contributed by atoms with Gasteiger partial charge in [0.1, 0.15) is 0 Å². The van der Waals surface area contributed by atoms with Gasteiger partial charge in [-0.3, -0.25) is 0 Å². The summed E-state index contributed by atoms with van der Waals surface area (Å²) in [5.41, 5.74) is 2.55. The van der Waals surface area contributed by atoms with Gasteiger partial charge in [0.05, 0.1) is 25.9 Å². The summed E-state index contributed by atoms with van der Waals surface area (Å²) in [7, 11) is 1.63. The Kier molecular flexibility index (Phi) is 6.49. The molecular formula is C19H23NO4. The highest BCUT2D eigenvalue weighted by Gasteiger charge is 2.07. The molecule has 0 aromatic heterocycles. The van der Waals surface area contributed by atoms with Crippen LogP contribution in [0.15, 0.2) is 42.5 Å². The van der Waals surface area contributed by atoms with Crippen molar-refractivity contribution < 1.29 is 19.0 Å². The van der Waals surface area contributed by atoms with Gasteiger partial charge in [0.2, 0.25) is 0 Å². The third-order valence-corrected chi connectivity index (χ3v) is 3.42. The van der Waals surface area contributed by atoms with Crippen LogP contribution in [0.3, 0.4) is 0 Å². The first-order chi connectivity index (χ1) is 11.7. The minimum Gasteiger partial charge on any atom is -0.493 e. The van der Waals surface area contributed by atoms with Gasteiger partial charge in [0.15, 0.2) is 11.5 Å². The molecule has 0 saturated carbocycles. The molecule has 0 bridgehead atoms. The van der Waals surface area contributed by atoms with Gasteiger partial charge in [-0.05, 0) is 55.8 Å². The predicted octanol–water partition coefficient (Wildman–Crippen LogP) is 3.88. The number of esters is 1. The molecule has 0 saturated heterocycles. The van der Waals surface area contributed by atoms with Crippen LogP contribution in [0, 0.1) is 0 Å². The summed E-state index contributed by atoms with van der Waals surface area (Å²) in [6.45, 7) is 5.34. The number of hydrogen-bond donors (Lipinski definition) is 1. The molecule has 2 aromatic carbocycles. The fourth-order valence-electron chi connectivity index (χ4n) is 2.24. The third kappa shape index (κ3) is 4.65. The Labute approximate surface area is 142 Å². The number of carbonyl (C=O) groups is 1. The lowest BCUT2D eigenvalue weighted by Gasteiger charge is -2.12. The number of carbonyl (C=O) groups excluding carboxylic acids is 1. The summed E-state index contributed by atoms with van der Waals surface area (Å²) in [4.78, 5) is 11.6. The van der Waals surface area contributed by atoms with Gasteiger partial charge >= 0.3 is 5.97 Å². The molecule has 24 heavy (non-hydrogen) atoms. The number of ether oxygens (including phenoxy) is 3. The second-order valence-corrected chi connectivity index (χ2v) is 5.07. The minimum atomic E-state index is -0.305. The van der Waals surface area contributed by atoms with E-state index in [0.717, 1.165) is 17.0 Å². The average molecular weight is 329 g/mol. The first-order valence-corrected chi connectivity index (χ1v) is 7.98. The van der Waals surface area contributed by atoms with Crippen LogP contribution >= 0.6 is 0 Å². The number of anilines is 1. The second-order valence-electron chi connectivity index (χ2n) is 5.07. The van der Waals surface area contributed by atoms with Crippen molar-refractivity contribution in [3.8, 4) is 11.5 Å². The van der Waals surface area contributed by atoms with Crippen molar-refractivity contribution in [2.45, 2.75) is 20.4 Å². The number of benzene rings is 2. The molecule has 0 aliphatic heterocycles. The fraction of sp³-hybridized carbons (Fsp3) is 0.316. The number of nitrogens with one attached hydrogen (secondary N) is 1. The van der Waals surface area contributed by atoms with Crippen LogP contribution in [0.2, 0.25) is 0 Å². The Morgan fingerprint density at radius 1 is 1.00 bits per heavy atom. The zero-order valence-electron chi connectivity index (χ0n) is 14.3. The minimum absolute atomic E-state index is 0.305. The quantitative estimate of drug-likeness (QED) is 0.745. The molecule has 0 unspecified atom stereocenters. The van der Waals surface area contributed by atoms with Crippen LogP contribution in [-0.2, 0) is 11.3 Å². The topological polar surface area (TPSA) is 56.8 Å². The van der Waals surface area contributed by atoms with E-state index in [1.165, 1.54) is 0 Å². The zero-order valence-corrected chi connectivity index (χ0v) is 14.3. The molecule has 5 heteroatoms. The molecule has 0 radical (unpaired) electrons. The summed E-state index contributed by atoms with van der Waals surface area (Å²) in [6, 6.07) is 13.1. The maximum atomic E-state index is 11.6. The van der Waals surface area contributed by atoms with E-state index in [0.29, 0.717) is 31.1 Å². The van der Waals surface area contributed by atoms with Gasteiger partial charge in [0, 0.05) is 12.2 Å². The SMILES string of the molecule is CCOC(=O)c1ccc(NCc2ccc(OCC)c(OC)c2)cc1. The van der Waals surface area contributed by atoms with E-state index in [2.05, 4.69) is 5.32 Å². The van der Waals surface area contributed by atoms with Crippen molar-refractivity contribution >= 4 is 11.7 Å². The van der Waals surface area contributed by atoms with E-state index in [-0.39, 0.29) is 5.97 Å². The zero-order chi connectivity index (χ0) is 17.4. The Morgan fingerprint density at radius 3 is 2.38 bits per heavy atom. The number of rotatable bonds is 8. The fourth-order valence-corrected chi connectivity index (χ4v) is 2.24. The van der Waals surface area contributed by atoms with Gasteiger partial charge in [-0.2, -0.15) is 0 Å². The Balaban J connectivity index is 1.99. The van der Waals surface area contributed by atoms with Gasteiger partial charge in [-0.25, -0.2) is 4.79 Å². The maximum Gasteiger partial charge on any atom is 0.338 e. The van der Waals surface area contributed by atoms with Crippen LogP contribution in [0.5, 0.6) is 11.5 Å². The molecule has 0 fully saturated rings. The lowest BCUT2D eigenvalue weighted by Crippen LogP contribution is -2.05. The second kappa shape index (κ2) is 8.82. The van der Waals surface area contributed by atoms with E-state index in [1.807, 2.05) is 37.3 Å². The molecule has 0 heterocycles. The van der Waals surface area contributed by atoms with Crippen LogP contribution in [0.25, 0.3) is 0 Å². The van der Waals surface area contributed by atoms with Crippen molar-refractivity contribution in [2.75, 3.05) is 25.6 Å². The molecule has 5 nitrogen and oxygen atoms in total. The van der Waals surface area contributed by atoms with Gasteiger partial charge < -0.3 is 19.5 Å². The standard InChI is InChI=1S/C19H23NO4/c1-4-23-17-11-6-14(12-18(17)22-3)13-20-16-9-7-15(8-10-16)19(21)24-5-2/h6-12,20H,4-5,13H2,1-3H3. The van der Waals surface area contributed by atoms with E-state index >= 15 is 0 Å². The van der Waals surface area contributed by atoms with Crippen molar-refractivity contribution in [3.63, 3.8) is 0 Å². The highest BCUT2D eigenvalue weighted by atomic mass is 16.5. The molecule has 0 amide bonds. The summed E-state index contributed by atoms with van der Waals surface area (Å²) in [5.74, 6) is 1.15. The normalized spacial score (nSPS) is 10.1. The van der Waals surface area contributed by atoms with Crippen molar-refractivity contribution in [3.05, 3.63) is 53.6 Å². The van der Waals surface area contributed by atoms with E-state index in [9.17, 15) is 4.79 Å². The number of hydrogen-bond acceptors (Lipinski definition) is 5. The third-order valence-electron chi connectivity index (χ3n) is 3.42. The van der Waals surface area contributed by atoms with Crippen molar-refractivity contribution in [2.24, 2.45) is 0 Å². The monoisotopic (exact) mass is 329 g/mol. The Hall–Kier alpha value is -2.69. The lowest BCUT2D eigenvalue weighted by molar-refractivity contribution is 0.0526. The molecular weight excluding hydrogens is 306 g/mol. The van der Waals surface area contributed by atoms with Crippen molar-refractivity contribution in [1.82, 2.24) is 0 Å². The maximum absolute atomic E-state index is 11.6. The molecule has 0 aliphatic carbocycles. The average Bonchev–Trinajstić information content (AvgIpc) is 2.61. The summed E-state index contributed by atoms with van der Waals surface area (Å²) in [6.07, 6.45) is 0. The van der Waals surface area contributed by atoms with E-state index < -0.39 is 0 Å². The van der Waals surface area contributed by atoms with E-state index in [1.54, 1.807) is 26.2 Å². The molecule has 2 rings (SSSR count). The summed E-state index contributed by atoms with van der Waals surface area (Å²) < 4.78 is 15.8. The first kappa shape index (κ1) is 17.7. The summed E-state index contributed by atoms with van der Waals surface area (Å²) in [5, 5.41) is 3.31. The molecule has 128 valence electrons. The van der Waals surface area contributed by atoms with E-state index in [4.69, 9.17) is 14.2 Å². The lowest BCUT2D eigenvalue weighted by atomic mass is 10.1. The van der Waals surface area contributed by atoms with Crippen LogP contribution < -0.4 is 14.8 Å². The molecule has 0 atom stereocenters. The summed E-state index contributed by atoms with van der Waals surface area (Å²) >= 11 is 0.